The van der Waals surface area contributed by atoms with Gasteiger partial charge in [0.25, 0.3) is 0 Å². The molecule has 6 heteroatoms. The van der Waals surface area contributed by atoms with E-state index in [1.54, 1.807) is 12.1 Å². The minimum atomic E-state index is -0.872. The highest BCUT2D eigenvalue weighted by atomic mass is 19.2. The molecule has 0 spiro atoms. The standard InChI is InChI=1S/C15H17F2N3O/c1-9(2)21-15-13(18)5-6-14(20-15)19-8-10-3-4-11(16)12(17)7-10/h3-7,9H,8,18H2,1-2H3,(H,19,20). The van der Waals surface area contributed by atoms with Crippen LogP contribution in [0.5, 0.6) is 5.88 Å². The van der Waals surface area contributed by atoms with Crippen LogP contribution in [0.25, 0.3) is 0 Å². The van der Waals surface area contributed by atoms with E-state index in [1.165, 1.54) is 6.07 Å². The average Bonchev–Trinajstić information content (AvgIpc) is 2.43. The van der Waals surface area contributed by atoms with Gasteiger partial charge in [0, 0.05) is 6.54 Å². The average molecular weight is 293 g/mol. The zero-order chi connectivity index (χ0) is 15.4. The summed E-state index contributed by atoms with van der Waals surface area (Å²) in [5, 5.41) is 3.01. The summed E-state index contributed by atoms with van der Waals surface area (Å²) in [4.78, 5) is 4.24. The molecule has 1 aromatic heterocycles. The second-order valence-corrected chi connectivity index (χ2v) is 4.86. The third kappa shape index (κ3) is 4.05. The zero-order valence-electron chi connectivity index (χ0n) is 11.9. The molecule has 1 heterocycles. The Morgan fingerprint density at radius 1 is 1.19 bits per heavy atom. The van der Waals surface area contributed by atoms with Crippen molar-refractivity contribution >= 4 is 11.5 Å². The molecule has 0 bridgehead atoms. The van der Waals surface area contributed by atoms with E-state index in [0.29, 0.717) is 29.5 Å². The van der Waals surface area contributed by atoms with Crippen molar-refractivity contribution in [1.82, 2.24) is 4.98 Å². The Labute approximate surface area is 122 Å². The van der Waals surface area contributed by atoms with Crippen molar-refractivity contribution in [2.75, 3.05) is 11.1 Å². The normalized spacial score (nSPS) is 10.7. The first-order valence-electron chi connectivity index (χ1n) is 6.56. The molecule has 4 nitrogen and oxygen atoms in total. The SMILES string of the molecule is CC(C)Oc1nc(NCc2ccc(F)c(F)c2)ccc1N. The van der Waals surface area contributed by atoms with Gasteiger partial charge in [-0.1, -0.05) is 6.07 Å². The minimum absolute atomic E-state index is 0.0405. The molecular weight excluding hydrogens is 276 g/mol. The van der Waals surface area contributed by atoms with E-state index in [4.69, 9.17) is 10.5 Å². The van der Waals surface area contributed by atoms with E-state index in [-0.39, 0.29) is 6.10 Å². The molecule has 0 aliphatic heterocycles. The maximum atomic E-state index is 13.1. The summed E-state index contributed by atoms with van der Waals surface area (Å²) in [6.45, 7) is 4.07. The predicted molar refractivity (Wildman–Crippen MR) is 78.1 cm³/mol. The number of rotatable bonds is 5. The van der Waals surface area contributed by atoms with Crippen molar-refractivity contribution in [3.63, 3.8) is 0 Å². The molecule has 0 amide bonds. The van der Waals surface area contributed by atoms with Crippen LogP contribution >= 0.6 is 0 Å². The van der Waals surface area contributed by atoms with Gasteiger partial charge in [0.1, 0.15) is 5.82 Å². The lowest BCUT2D eigenvalue weighted by molar-refractivity contribution is 0.234. The number of aromatic nitrogens is 1. The Morgan fingerprint density at radius 2 is 1.95 bits per heavy atom. The number of nitrogens with zero attached hydrogens (tertiary/aromatic N) is 1. The second kappa shape index (κ2) is 6.39. The lowest BCUT2D eigenvalue weighted by Crippen LogP contribution is -2.10. The molecule has 0 radical (unpaired) electrons. The molecule has 0 saturated carbocycles. The van der Waals surface area contributed by atoms with E-state index < -0.39 is 11.6 Å². The van der Waals surface area contributed by atoms with Crippen molar-refractivity contribution in [3.05, 3.63) is 47.5 Å². The molecule has 21 heavy (non-hydrogen) atoms. The molecule has 2 aromatic rings. The first kappa shape index (κ1) is 15.0. The maximum absolute atomic E-state index is 13.1. The van der Waals surface area contributed by atoms with Crippen LogP contribution in [0.4, 0.5) is 20.3 Å². The van der Waals surface area contributed by atoms with Gasteiger partial charge in [-0.15, -0.1) is 0 Å². The third-order valence-corrected chi connectivity index (χ3v) is 2.69. The van der Waals surface area contributed by atoms with Crippen LogP contribution in [0.2, 0.25) is 0 Å². The monoisotopic (exact) mass is 293 g/mol. The third-order valence-electron chi connectivity index (χ3n) is 2.69. The molecule has 0 atom stereocenters. The minimum Gasteiger partial charge on any atom is -0.473 e. The summed E-state index contributed by atoms with van der Waals surface area (Å²) < 4.78 is 31.4. The number of nitrogen functional groups attached to an aromatic ring is 1. The fraction of sp³-hybridized carbons (Fsp3) is 0.267. The number of nitrogens with one attached hydrogen (secondary N) is 1. The smallest absolute Gasteiger partial charge is 0.239 e. The van der Waals surface area contributed by atoms with Crippen molar-refractivity contribution in [2.45, 2.75) is 26.5 Å². The van der Waals surface area contributed by atoms with E-state index in [1.807, 2.05) is 13.8 Å². The van der Waals surface area contributed by atoms with Gasteiger partial charge in [-0.2, -0.15) is 4.98 Å². The summed E-state index contributed by atoms with van der Waals surface area (Å²) in [6, 6.07) is 7.12. The van der Waals surface area contributed by atoms with Crippen LogP contribution < -0.4 is 15.8 Å². The van der Waals surface area contributed by atoms with Crippen molar-refractivity contribution in [2.24, 2.45) is 0 Å². The molecule has 1 aromatic carbocycles. The summed E-state index contributed by atoms with van der Waals surface area (Å²) >= 11 is 0. The molecule has 0 aliphatic rings. The van der Waals surface area contributed by atoms with E-state index in [2.05, 4.69) is 10.3 Å². The van der Waals surface area contributed by atoms with Crippen LogP contribution in [0, 0.1) is 11.6 Å². The van der Waals surface area contributed by atoms with Gasteiger partial charge in [-0.3, -0.25) is 0 Å². The Hall–Kier alpha value is -2.37. The van der Waals surface area contributed by atoms with Crippen molar-refractivity contribution in [3.8, 4) is 5.88 Å². The van der Waals surface area contributed by atoms with E-state index in [9.17, 15) is 8.78 Å². The second-order valence-electron chi connectivity index (χ2n) is 4.86. The molecule has 0 aliphatic carbocycles. The van der Waals surface area contributed by atoms with Crippen LogP contribution in [0.1, 0.15) is 19.4 Å². The van der Waals surface area contributed by atoms with E-state index in [0.717, 1.165) is 12.1 Å². The predicted octanol–water partition coefficient (Wildman–Crippen LogP) is 3.34. The Morgan fingerprint density at radius 3 is 2.62 bits per heavy atom. The quantitative estimate of drug-likeness (QED) is 0.887. The fourth-order valence-electron chi connectivity index (χ4n) is 1.71. The van der Waals surface area contributed by atoms with Crippen LogP contribution in [-0.2, 0) is 6.54 Å². The maximum Gasteiger partial charge on any atom is 0.239 e. The number of hydrogen-bond donors (Lipinski definition) is 2. The molecule has 0 unspecified atom stereocenters. The van der Waals surface area contributed by atoms with Crippen molar-refractivity contribution in [1.29, 1.82) is 0 Å². The topological polar surface area (TPSA) is 60.2 Å². The highest BCUT2D eigenvalue weighted by Crippen LogP contribution is 2.22. The molecule has 2 rings (SSSR count). The largest absolute Gasteiger partial charge is 0.473 e. The van der Waals surface area contributed by atoms with Gasteiger partial charge in [0.05, 0.1) is 11.8 Å². The van der Waals surface area contributed by atoms with Crippen LogP contribution in [0.3, 0.4) is 0 Å². The summed E-state index contributed by atoms with van der Waals surface area (Å²) in [5.74, 6) is -0.842. The van der Waals surface area contributed by atoms with Gasteiger partial charge < -0.3 is 15.8 Å². The Bertz CT molecular complexity index is 632. The zero-order valence-corrected chi connectivity index (χ0v) is 11.9. The molecular formula is C15H17F2N3O. The first-order valence-corrected chi connectivity index (χ1v) is 6.56. The molecule has 0 saturated heterocycles. The highest BCUT2D eigenvalue weighted by molar-refractivity contribution is 5.53. The van der Waals surface area contributed by atoms with Crippen LogP contribution in [-0.4, -0.2) is 11.1 Å². The summed E-state index contributed by atoms with van der Waals surface area (Å²) in [6.07, 6.45) is -0.0405. The summed E-state index contributed by atoms with van der Waals surface area (Å²) in [5.41, 5.74) is 6.83. The lowest BCUT2D eigenvalue weighted by atomic mass is 10.2. The van der Waals surface area contributed by atoms with Gasteiger partial charge >= 0.3 is 0 Å². The molecule has 112 valence electrons. The number of nitrogens with two attached hydrogens (primary N) is 1. The number of anilines is 2. The van der Waals surface area contributed by atoms with Gasteiger partial charge in [0.2, 0.25) is 5.88 Å². The highest BCUT2D eigenvalue weighted by Gasteiger charge is 2.07. The van der Waals surface area contributed by atoms with Gasteiger partial charge in [-0.05, 0) is 43.7 Å². The Balaban J connectivity index is 2.07. The van der Waals surface area contributed by atoms with Gasteiger partial charge in [-0.25, -0.2) is 8.78 Å². The fourth-order valence-corrected chi connectivity index (χ4v) is 1.71. The molecule has 3 N–H and O–H groups in total. The number of halogens is 2. The Kier molecular flexibility index (Phi) is 4.57. The van der Waals surface area contributed by atoms with Gasteiger partial charge in [0.15, 0.2) is 11.6 Å². The van der Waals surface area contributed by atoms with E-state index >= 15 is 0 Å². The molecule has 0 fully saturated rings. The number of pyridine rings is 1. The number of hydrogen-bond acceptors (Lipinski definition) is 4. The van der Waals surface area contributed by atoms with Crippen molar-refractivity contribution < 1.29 is 13.5 Å². The summed E-state index contributed by atoms with van der Waals surface area (Å²) in [7, 11) is 0. The lowest BCUT2D eigenvalue weighted by Gasteiger charge is -2.13. The first-order chi connectivity index (χ1) is 9.95. The number of benzene rings is 1. The number of ether oxygens (including phenoxy) is 1. The van der Waals surface area contributed by atoms with Crippen LogP contribution in [0.15, 0.2) is 30.3 Å².